The summed E-state index contributed by atoms with van der Waals surface area (Å²) in [5, 5.41) is 0. The number of hydrogen-bond donors (Lipinski definition) is 1. The lowest BCUT2D eigenvalue weighted by atomic mass is 10.1. The average molecular weight is 346 g/mol. The van der Waals surface area contributed by atoms with Crippen molar-refractivity contribution in [3.8, 4) is 11.3 Å². The molecule has 2 nitrogen and oxygen atoms in total. The van der Waals surface area contributed by atoms with Crippen LogP contribution in [0.1, 0.15) is 0 Å². The molecule has 0 aliphatic carbocycles. The van der Waals surface area contributed by atoms with E-state index < -0.39 is 0 Å². The second-order valence-corrected chi connectivity index (χ2v) is 4.87. The van der Waals surface area contributed by atoms with Gasteiger partial charge in [0, 0.05) is 10.0 Å². The number of pyridine rings is 1. The normalized spacial score (nSPS) is 10.4. The molecule has 2 rings (SSSR count). The highest BCUT2D eigenvalue weighted by atomic mass is 79.9. The first kappa shape index (κ1) is 11.5. The molecule has 0 spiro atoms. The number of anilines is 1. The number of rotatable bonds is 1. The Kier molecular flexibility index (Phi) is 3.25. The van der Waals surface area contributed by atoms with Crippen LogP contribution in [0.25, 0.3) is 11.3 Å². The quantitative estimate of drug-likeness (QED) is 0.848. The molecule has 5 heteroatoms. The molecular formula is C11H7Br2FN2. The summed E-state index contributed by atoms with van der Waals surface area (Å²) in [5.74, 6) is 0.0128. The average Bonchev–Trinajstić information content (AvgIpc) is 2.25. The van der Waals surface area contributed by atoms with Crippen LogP contribution in [0.3, 0.4) is 0 Å². The molecule has 2 aromatic rings. The van der Waals surface area contributed by atoms with Crippen molar-refractivity contribution in [2.45, 2.75) is 0 Å². The number of nitrogens with zero attached hydrogens (tertiary/aromatic N) is 1. The van der Waals surface area contributed by atoms with E-state index in [0.29, 0.717) is 26.0 Å². The SMILES string of the molecule is Nc1nc(-c2ccccc2F)c(Br)cc1Br. The third-order valence-corrected chi connectivity index (χ3v) is 3.33. The van der Waals surface area contributed by atoms with E-state index in [1.807, 2.05) is 0 Å². The summed E-state index contributed by atoms with van der Waals surface area (Å²) in [6.45, 7) is 0. The summed E-state index contributed by atoms with van der Waals surface area (Å²) in [4.78, 5) is 4.15. The maximum Gasteiger partial charge on any atom is 0.138 e. The van der Waals surface area contributed by atoms with E-state index >= 15 is 0 Å². The van der Waals surface area contributed by atoms with Crippen LogP contribution in [0.2, 0.25) is 0 Å². The smallest absolute Gasteiger partial charge is 0.138 e. The fourth-order valence-electron chi connectivity index (χ4n) is 1.32. The number of aromatic nitrogens is 1. The van der Waals surface area contributed by atoms with Gasteiger partial charge in [0.25, 0.3) is 0 Å². The lowest BCUT2D eigenvalue weighted by Gasteiger charge is -2.07. The van der Waals surface area contributed by atoms with Crippen molar-refractivity contribution in [3.05, 3.63) is 45.1 Å². The molecular weight excluding hydrogens is 339 g/mol. The highest BCUT2D eigenvalue weighted by Gasteiger charge is 2.11. The van der Waals surface area contributed by atoms with Crippen molar-refractivity contribution in [2.75, 3.05) is 5.73 Å². The van der Waals surface area contributed by atoms with Crippen LogP contribution in [0.4, 0.5) is 10.2 Å². The highest BCUT2D eigenvalue weighted by molar-refractivity contribution is 9.11. The van der Waals surface area contributed by atoms with Crippen LogP contribution in [-0.4, -0.2) is 4.98 Å². The van der Waals surface area contributed by atoms with Gasteiger partial charge in [-0.25, -0.2) is 9.37 Å². The van der Waals surface area contributed by atoms with Gasteiger partial charge in [-0.1, -0.05) is 12.1 Å². The van der Waals surface area contributed by atoms with Crippen LogP contribution < -0.4 is 5.73 Å². The first-order valence-corrected chi connectivity index (χ1v) is 6.04. The standard InChI is InChI=1S/C11H7Br2FN2/c12-7-5-8(13)11(15)16-10(7)6-3-1-2-4-9(6)14/h1-5H,(H2,15,16). The number of benzene rings is 1. The highest BCUT2D eigenvalue weighted by Crippen LogP contribution is 2.32. The molecule has 0 saturated carbocycles. The van der Waals surface area contributed by atoms with Gasteiger partial charge in [0.2, 0.25) is 0 Å². The lowest BCUT2D eigenvalue weighted by molar-refractivity contribution is 0.630. The monoisotopic (exact) mass is 344 g/mol. The Morgan fingerprint density at radius 3 is 2.50 bits per heavy atom. The van der Waals surface area contributed by atoms with Crippen LogP contribution in [0.15, 0.2) is 39.3 Å². The van der Waals surface area contributed by atoms with Gasteiger partial charge in [0.05, 0.1) is 10.2 Å². The molecule has 0 amide bonds. The second kappa shape index (κ2) is 4.51. The largest absolute Gasteiger partial charge is 0.383 e. The minimum atomic E-state index is -0.322. The first-order chi connectivity index (χ1) is 7.59. The molecule has 0 aliphatic rings. The molecule has 2 N–H and O–H groups in total. The maximum absolute atomic E-state index is 13.6. The Labute approximate surface area is 109 Å². The van der Waals surface area contributed by atoms with E-state index in [0.717, 1.165) is 0 Å². The van der Waals surface area contributed by atoms with E-state index in [1.54, 1.807) is 24.3 Å². The van der Waals surface area contributed by atoms with Crippen LogP contribution >= 0.6 is 31.9 Å². The van der Waals surface area contributed by atoms with Gasteiger partial charge in [-0.15, -0.1) is 0 Å². The molecule has 0 saturated heterocycles. The maximum atomic E-state index is 13.6. The molecule has 0 atom stereocenters. The summed E-state index contributed by atoms with van der Waals surface area (Å²) in [6.07, 6.45) is 0. The lowest BCUT2D eigenvalue weighted by Crippen LogP contribution is -1.96. The van der Waals surface area contributed by atoms with E-state index in [1.165, 1.54) is 6.07 Å². The topological polar surface area (TPSA) is 38.9 Å². The summed E-state index contributed by atoms with van der Waals surface area (Å²) in [5.41, 5.74) is 6.60. The van der Waals surface area contributed by atoms with Crippen LogP contribution in [0.5, 0.6) is 0 Å². The molecule has 1 heterocycles. The Morgan fingerprint density at radius 1 is 1.12 bits per heavy atom. The van der Waals surface area contributed by atoms with E-state index in [4.69, 9.17) is 5.73 Å². The molecule has 0 radical (unpaired) electrons. The van der Waals surface area contributed by atoms with Crippen LogP contribution in [-0.2, 0) is 0 Å². The second-order valence-electron chi connectivity index (χ2n) is 3.17. The fraction of sp³-hybridized carbons (Fsp3) is 0. The summed E-state index contributed by atoms with van der Waals surface area (Å²) < 4.78 is 14.9. The van der Waals surface area contributed by atoms with Crippen molar-refractivity contribution in [1.82, 2.24) is 4.98 Å². The Morgan fingerprint density at radius 2 is 1.81 bits per heavy atom. The zero-order chi connectivity index (χ0) is 11.7. The molecule has 0 bridgehead atoms. The van der Waals surface area contributed by atoms with Gasteiger partial charge in [-0.05, 0) is 50.1 Å². The summed E-state index contributed by atoms with van der Waals surface area (Å²) >= 11 is 6.60. The number of nitrogen functional groups attached to an aromatic ring is 1. The van der Waals surface area contributed by atoms with Crippen molar-refractivity contribution >= 4 is 37.7 Å². The third-order valence-electron chi connectivity index (χ3n) is 2.09. The van der Waals surface area contributed by atoms with Gasteiger partial charge in [-0.3, -0.25) is 0 Å². The molecule has 0 unspecified atom stereocenters. The van der Waals surface area contributed by atoms with E-state index in [2.05, 4.69) is 36.8 Å². The molecule has 1 aromatic carbocycles. The number of hydrogen-bond acceptors (Lipinski definition) is 2. The van der Waals surface area contributed by atoms with E-state index in [9.17, 15) is 4.39 Å². The minimum absolute atomic E-state index is 0.322. The van der Waals surface area contributed by atoms with Crippen molar-refractivity contribution in [2.24, 2.45) is 0 Å². The predicted octanol–water partition coefficient (Wildman–Crippen LogP) is 3.99. The van der Waals surface area contributed by atoms with Crippen LogP contribution in [0, 0.1) is 5.82 Å². The predicted molar refractivity (Wildman–Crippen MR) is 69.4 cm³/mol. The Bertz CT molecular complexity index is 544. The van der Waals surface area contributed by atoms with Gasteiger partial charge >= 0.3 is 0 Å². The first-order valence-electron chi connectivity index (χ1n) is 4.46. The van der Waals surface area contributed by atoms with E-state index in [-0.39, 0.29) is 5.82 Å². The number of nitrogens with two attached hydrogens (primary N) is 1. The van der Waals surface area contributed by atoms with Gasteiger partial charge in [0.1, 0.15) is 11.6 Å². The van der Waals surface area contributed by atoms with Gasteiger partial charge in [0.15, 0.2) is 0 Å². The Balaban J connectivity index is 2.65. The molecule has 82 valence electrons. The molecule has 0 fully saturated rings. The van der Waals surface area contributed by atoms with Crippen molar-refractivity contribution < 1.29 is 4.39 Å². The Hall–Kier alpha value is -0.940. The zero-order valence-electron chi connectivity index (χ0n) is 8.05. The van der Waals surface area contributed by atoms with Gasteiger partial charge in [-0.2, -0.15) is 0 Å². The summed E-state index contributed by atoms with van der Waals surface area (Å²) in [7, 11) is 0. The summed E-state index contributed by atoms with van der Waals surface area (Å²) in [6, 6.07) is 8.20. The molecule has 0 aliphatic heterocycles. The zero-order valence-corrected chi connectivity index (χ0v) is 11.2. The van der Waals surface area contributed by atoms with Crippen molar-refractivity contribution in [1.29, 1.82) is 0 Å². The number of halogens is 3. The minimum Gasteiger partial charge on any atom is -0.383 e. The van der Waals surface area contributed by atoms with Crippen molar-refractivity contribution in [3.63, 3.8) is 0 Å². The molecule has 1 aromatic heterocycles. The van der Waals surface area contributed by atoms with Gasteiger partial charge < -0.3 is 5.73 Å². The molecule has 16 heavy (non-hydrogen) atoms. The fourth-order valence-corrected chi connectivity index (χ4v) is 2.48. The third kappa shape index (κ3) is 2.10.